The van der Waals surface area contributed by atoms with Crippen LogP contribution in [0.25, 0.3) is 0 Å². The number of rotatable bonds is 6. The lowest BCUT2D eigenvalue weighted by molar-refractivity contribution is -0.122. The van der Waals surface area contributed by atoms with Gasteiger partial charge in [-0.15, -0.1) is 0 Å². The van der Waals surface area contributed by atoms with Crippen molar-refractivity contribution in [2.75, 3.05) is 4.90 Å². The van der Waals surface area contributed by atoms with Gasteiger partial charge in [-0.25, -0.2) is 13.3 Å². The standard InChI is InChI=1S/C20H21ClN2O4S/c1-3-14(2)23(28(26,27)17-7-5-4-6-8-17)18-13-19(24)22(20(18)25)16-11-9-15(21)10-12-16/h4-12,14,18H,3,13H2,1-2H3. The number of imide groups is 1. The molecule has 0 aliphatic carbocycles. The number of amides is 2. The summed E-state index contributed by atoms with van der Waals surface area (Å²) >= 11 is 5.88. The molecule has 0 aromatic heterocycles. The molecule has 2 amide bonds. The highest BCUT2D eigenvalue weighted by molar-refractivity contribution is 7.89. The van der Waals surface area contributed by atoms with E-state index < -0.39 is 33.9 Å². The van der Waals surface area contributed by atoms with Gasteiger partial charge in [0.15, 0.2) is 0 Å². The maximum atomic E-state index is 13.3. The van der Waals surface area contributed by atoms with Gasteiger partial charge in [0.1, 0.15) is 6.04 Å². The number of carbonyl (C=O) groups is 2. The number of hydrogen-bond donors (Lipinski definition) is 0. The van der Waals surface area contributed by atoms with Crippen LogP contribution in [0.2, 0.25) is 5.02 Å². The van der Waals surface area contributed by atoms with E-state index in [1.165, 1.54) is 16.4 Å². The monoisotopic (exact) mass is 420 g/mol. The Morgan fingerprint density at radius 2 is 1.71 bits per heavy atom. The molecule has 0 radical (unpaired) electrons. The van der Waals surface area contributed by atoms with Gasteiger partial charge < -0.3 is 0 Å². The van der Waals surface area contributed by atoms with Crippen molar-refractivity contribution in [3.8, 4) is 0 Å². The summed E-state index contributed by atoms with van der Waals surface area (Å²) in [6.07, 6.45) is 0.308. The third-order valence-electron chi connectivity index (χ3n) is 4.86. The molecule has 6 nitrogen and oxygen atoms in total. The second kappa shape index (κ2) is 8.03. The second-order valence-electron chi connectivity index (χ2n) is 6.67. The molecule has 2 atom stereocenters. The molecule has 1 fully saturated rings. The SMILES string of the molecule is CCC(C)N(C1CC(=O)N(c2ccc(Cl)cc2)C1=O)S(=O)(=O)c1ccccc1. The fourth-order valence-corrected chi connectivity index (χ4v) is 5.27. The molecule has 2 aromatic rings. The summed E-state index contributed by atoms with van der Waals surface area (Å²) in [6.45, 7) is 3.58. The van der Waals surface area contributed by atoms with Crippen LogP contribution in [0, 0.1) is 0 Å². The van der Waals surface area contributed by atoms with Gasteiger partial charge in [-0.05, 0) is 49.7 Å². The van der Waals surface area contributed by atoms with Gasteiger partial charge in [0.25, 0.3) is 5.91 Å². The van der Waals surface area contributed by atoms with E-state index in [1.54, 1.807) is 49.4 Å². The predicted molar refractivity (Wildman–Crippen MR) is 108 cm³/mol. The topological polar surface area (TPSA) is 74.8 Å². The van der Waals surface area contributed by atoms with Crippen molar-refractivity contribution in [2.45, 2.75) is 43.7 Å². The van der Waals surface area contributed by atoms with Crippen LogP contribution in [0.15, 0.2) is 59.5 Å². The van der Waals surface area contributed by atoms with Crippen molar-refractivity contribution in [1.82, 2.24) is 4.31 Å². The van der Waals surface area contributed by atoms with E-state index in [9.17, 15) is 18.0 Å². The average Bonchev–Trinajstić information content (AvgIpc) is 2.97. The molecule has 1 saturated heterocycles. The minimum absolute atomic E-state index is 0.0977. The van der Waals surface area contributed by atoms with Crippen molar-refractivity contribution in [3.05, 3.63) is 59.6 Å². The zero-order chi connectivity index (χ0) is 20.5. The minimum atomic E-state index is -3.95. The third-order valence-corrected chi connectivity index (χ3v) is 7.15. The predicted octanol–water partition coefficient (Wildman–Crippen LogP) is 3.46. The summed E-state index contributed by atoms with van der Waals surface area (Å²) in [6, 6.07) is 12.7. The van der Waals surface area contributed by atoms with E-state index in [-0.39, 0.29) is 11.3 Å². The third kappa shape index (κ3) is 3.70. The molecule has 3 rings (SSSR count). The Bertz CT molecular complexity index is 977. The first-order valence-electron chi connectivity index (χ1n) is 8.98. The normalized spacial score (nSPS) is 18.7. The van der Waals surface area contributed by atoms with Crippen LogP contribution in [-0.2, 0) is 19.6 Å². The molecule has 0 N–H and O–H groups in total. The summed E-state index contributed by atoms with van der Waals surface area (Å²) < 4.78 is 27.8. The zero-order valence-corrected chi connectivity index (χ0v) is 17.2. The highest BCUT2D eigenvalue weighted by atomic mass is 35.5. The van der Waals surface area contributed by atoms with Crippen LogP contribution < -0.4 is 4.90 Å². The highest BCUT2D eigenvalue weighted by Crippen LogP contribution is 2.31. The van der Waals surface area contributed by atoms with Crippen LogP contribution >= 0.6 is 11.6 Å². The first-order chi connectivity index (χ1) is 13.3. The van der Waals surface area contributed by atoms with Gasteiger partial charge in [-0.1, -0.05) is 36.7 Å². The smallest absolute Gasteiger partial charge is 0.252 e. The first-order valence-corrected chi connectivity index (χ1v) is 10.8. The molecule has 0 saturated carbocycles. The summed E-state index contributed by atoms with van der Waals surface area (Å²) in [5.41, 5.74) is 0.378. The maximum absolute atomic E-state index is 13.3. The van der Waals surface area contributed by atoms with Gasteiger partial charge in [0.2, 0.25) is 15.9 Å². The summed E-state index contributed by atoms with van der Waals surface area (Å²) in [4.78, 5) is 26.9. The van der Waals surface area contributed by atoms with E-state index in [0.717, 1.165) is 4.90 Å². The lowest BCUT2D eigenvalue weighted by Crippen LogP contribution is -2.49. The van der Waals surface area contributed by atoms with Crippen LogP contribution in [0.1, 0.15) is 26.7 Å². The summed E-state index contributed by atoms with van der Waals surface area (Å²) in [7, 11) is -3.95. The van der Waals surface area contributed by atoms with Crippen molar-refractivity contribution in [1.29, 1.82) is 0 Å². The van der Waals surface area contributed by atoms with Crippen molar-refractivity contribution >= 4 is 39.1 Å². The minimum Gasteiger partial charge on any atom is -0.274 e. The van der Waals surface area contributed by atoms with Gasteiger partial charge in [-0.3, -0.25) is 9.59 Å². The van der Waals surface area contributed by atoms with Crippen molar-refractivity contribution in [2.24, 2.45) is 0 Å². The molecule has 148 valence electrons. The van der Waals surface area contributed by atoms with Crippen molar-refractivity contribution < 1.29 is 18.0 Å². The number of carbonyl (C=O) groups excluding carboxylic acids is 2. The second-order valence-corrected chi connectivity index (χ2v) is 8.95. The highest BCUT2D eigenvalue weighted by Gasteiger charge is 2.48. The van der Waals surface area contributed by atoms with Crippen molar-refractivity contribution in [3.63, 3.8) is 0 Å². The average molecular weight is 421 g/mol. The number of halogens is 1. The van der Waals surface area contributed by atoms with Crippen LogP contribution in [0.3, 0.4) is 0 Å². The molecule has 1 heterocycles. The fourth-order valence-electron chi connectivity index (χ4n) is 3.28. The Balaban J connectivity index is 2.01. The summed E-state index contributed by atoms with van der Waals surface area (Å²) in [5, 5.41) is 0.479. The molecule has 1 aliphatic rings. The number of anilines is 1. The lowest BCUT2D eigenvalue weighted by Gasteiger charge is -2.31. The van der Waals surface area contributed by atoms with Gasteiger partial charge in [0, 0.05) is 11.1 Å². The Hall–Kier alpha value is -2.22. The Morgan fingerprint density at radius 3 is 2.29 bits per heavy atom. The molecule has 2 unspecified atom stereocenters. The van der Waals surface area contributed by atoms with E-state index in [2.05, 4.69) is 0 Å². The van der Waals surface area contributed by atoms with E-state index >= 15 is 0 Å². The van der Waals surface area contributed by atoms with Crippen LogP contribution in [0.5, 0.6) is 0 Å². The Labute approximate surface area is 169 Å². The Kier molecular flexibility index (Phi) is 5.88. The molecule has 2 aromatic carbocycles. The van der Waals surface area contributed by atoms with Gasteiger partial charge >= 0.3 is 0 Å². The number of sulfonamides is 1. The lowest BCUT2D eigenvalue weighted by atomic mass is 10.2. The quantitative estimate of drug-likeness (QED) is 0.670. The van der Waals surface area contributed by atoms with E-state index in [4.69, 9.17) is 11.6 Å². The maximum Gasteiger partial charge on any atom is 0.252 e. The van der Waals surface area contributed by atoms with Gasteiger partial charge in [0.05, 0.1) is 17.0 Å². The molecule has 1 aliphatic heterocycles. The van der Waals surface area contributed by atoms with Crippen LogP contribution in [0.4, 0.5) is 5.69 Å². The number of nitrogens with zero attached hydrogens (tertiary/aromatic N) is 2. The zero-order valence-electron chi connectivity index (χ0n) is 15.6. The fraction of sp³-hybridized carbons (Fsp3) is 0.300. The first kappa shape index (κ1) is 20.5. The molecule has 8 heteroatoms. The molecular formula is C20H21ClN2O4S. The molecule has 28 heavy (non-hydrogen) atoms. The summed E-state index contributed by atoms with van der Waals surface area (Å²) in [5.74, 6) is -0.985. The van der Waals surface area contributed by atoms with E-state index in [1.807, 2.05) is 6.92 Å². The molecule has 0 bridgehead atoms. The van der Waals surface area contributed by atoms with E-state index in [0.29, 0.717) is 17.1 Å². The molecule has 0 spiro atoms. The largest absolute Gasteiger partial charge is 0.274 e. The van der Waals surface area contributed by atoms with Crippen LogP contribution in [-0.4, -0.2) is 36.6 Å². The van der Waals surface area contributed by atoms with Gasteiger partial charge in [-0.2, -0.15) is 4.31 Å². The number of hydrogen-bond acceptors (Lipinski definition) is 4. The number of benzene rings is 2. The molecular weight excluding hydrogens is 400 g/mol. The Morgan fingerprint density at radius 1 is 1.11 bits per heavy atom.